The van der Waals surface area contributed by atoms with Gasteiger partial charge in [-0.15, -0.1) is 0 Å². The summed E-state index contributed by atoms with van der Waals surface area (Å²) in [5, 5.41) is 3.31. The van der Waals surface area contributed by atoms with E-state index in [0.29, 0.717) is 17.2 Å². The molecule has 8 heteroatoms. The fraction of sp³-hybridized carbons (Fsp3) is 0.200. The number of imidazole rings is 1. The summed E-state index contributed by atoms with van der Waals surface area (Å²) < 4.78 is 13.5. The number of aromatic nitrogens is 2. The van der Waals surface area contributed by atoms with Crippen LogP contribution in [0.3, 0.4) is 0 Å². The van der Waals surface area contributed by atoms with Crippen molar-refractivity contribution in [1.82, 2.24) is 9.55 Å². The minimum atomic E-state index is -0.343. The number of hydrogen-bond donors (Lipinski definition) is 1. The number of anilines is 1. The molecule has 1 atom stereocenters. The fourth-order valence-electron chi connectivity index (χ4n) is 2.54. The minimum Gasteiger partial charge on any atom is -0.493 e. The van der Waals surface area contributed by atoms with Crippen LogP contribution in [0.15, 0.2) is 64.5 Å². The van der Waals surface area contributed by atoms with Crippen LogP contribution < -0.4 is 14.8 Å². The van der Waals surface area contributed by atoms with Gasteiger partial charge in [0, 0.05) is 34.3 Å². The summed E-state index contributed by atoms with van der Waals surface area (Å²) in [6.07, 6.45) is 3.61. The van der Waals surface area contributed by atoms with Crippen LogP contribution >= 0.6 is 27.7 Å². The molecule has 146 valence electrons. The van der Waals surface area contributed by atoms with Gasteiger partial charge >= 0.3 is 0 Å². The molecule has 1 unspecified atom stereocenters. The number of benzene rings is 2. The van der Waals surface area contributed by atoms with E-state index in [2.05, 4.69) is 26.2 Å². The number of halogens is 1. The first-order chi connectivity index (χ1) is 13.5. The highest BCUT2D eigenvalue weighted by atomic mass is 79.9. The van der Waals surface area contributed by atoms with Crippen molar-refractivity contribution in [3.8, 4) is 17.2 Å². The Balaban J connectivity index is 1.70. The SMILES string of the molecule is COc1ccc(NC(=O)C(C)Sc2nccn2-c2ccc(Br)cc2)cc1OC. The molecule has 6 nitrogen and oxygen atoms in total. The van der Waals surface area contributed by atoms with Crippen LogP contribution in [0.25, 0.3) is 5.69 Å². The van der Waals surface area contributed by atoms with Crippen molar-refractivity contribution in [2.45, 2.75) is 17.3 Å². The number of amides is 1. The smallest absolute Gasteiger partial charge is 0.237 e. The van der Waals surface area contributed by atoms with Crippen molar-refractivity contribution in [3.63, 3.8) is 0 Å². The lowest BCUT2D eigenvalue weighted by atomic mass is 10.2. The van der Waals surface area contributed by atoms with Crippen LogP contribution in [0.4, 0.5) is 5.69 Å². The molecule has 1 amide bonds. The molecule has 0 saturated heterocycles. The lowest BCUT2D eigenvalue weighted by molar-refractivity contribution is -0.115. The van der Waals surface area contributed by atoms with Gasteiger partial charge in [-0.25, -0.2) is 4.98 Å². The molecule has 2 aromatic carbocycles. The average Bonchev–Trinajstić information content (AvgIpc) is 3.16. The van der Waals surface area contributed by atoms with Gasteiger partial charge in [-0.2, -0.15) is 0 Å². The van der Waals surface area contributed by atoms with Crippen molar-refractivity contribution < 1.29 is 14.3 Å². The summed E-state index contributed by atoms with van der Waals surface area (Å²) in [5.41, 5.74) is 1.63. The van der Waals surface area contributed by atoms with E-state index in [1.807, 2.05) is 42.0 Å². The van der Waals surface area contributed by atoms with Crippen molar-refractivity contribution in [1.29, 1.82) is 0 Å². The number of carbonyl (C=O) groups is 1. The second-order valence-electron chi connectivity index (χ2n) is 5.88. The Labute approximate surface area is 176 Å². The van der Waals surface area contributed by atoms with Gasteiger partial charge in [0.1, 0.15) is 0 Å². The van der Waals surface area contributed by atoms with Gasteiger partial charge in [0.2, 0.25) is 5.91 Å². The largest absolute Gasteiger partial charge is 0.493 e. The number of thioether (sulfide) groups is 1. The van der Waals surface area contributed by atoms with E-state index in [9.17, 15) is 4.79 Å². The van der Waals surface area contributed by atoms with E-state index in [1.54, 1.807) is 38.6 Å². The zero-order valence-electron chi connectivity index (χ0n) is 15.7. The number of methoxy groups -OCH3 is 2. The molecule has 0 radical (unpaired) electrons. The lowest BCUT2D eigenvalue weighted by Gasteiger charge is -2.14. The Kier molecular flexibility index (Phi) is 6.64. The summed E-state index contributed by atoms with van der Waals surface area (Å²) in [4.78, 5) is 17.0. The third kappa shape index (κ3) is 4.69. The van der Waals surface area contributed by atoms with Crippen molar-refractivity contribution in [2.75, 3.05) is 19.5 Å². The third-order valence-electron chi connectivity index (χ3n) is 4.01. The lowest BCUT2D eigenvalue weighted by Crippen LogP contribution is -2.22. The molecule has 0 aliphatic rings. The Bertz CT molecular complexity index is 960. The second-order valence-corrected chi connectivity index (χ2v) is 8.10. The first-order valence-electron chi connectivity index (χ1n) is 8.50. The van der Waals surface area contributed by atoms with Crippen LogP contribution in [0.5, 0.6) is 11.5 Å². The topological polar surface area (TPSA) is 65.4 Å². The van der Waals surface area contributed by atoms with Crippen molar-refractivity contribution in [3.05, 3.63) is 59.3 Å². The molecule has 0 saturated carbocycles. The van der Waals surface area contributed by atoms with Crippen LogP contribution in [0.2, 0.25) is 0 Å². The Morgan fingerprint density at radius 2 is 1.86 bits per heavy atom. The second kappa shape index (κ2) is 9.16. The number of carbonyl (C=O) groups excluding carboxylic acids is 1. The average molecular weight is 462 g/mol. The molecular weight excluding hydrogens is 442 g/mol. The molecule has 0 aliphatic heterocycles. The standard InChI is InChI=1S/C20H20BrN3O3S/c1-13(19(25)23-15-6-9-17(26-2)18(12-15)27-3)28-20-22-10-11-24(20)16-7-4-14(21)5-8-16/h4-13H,1-3H3,(H,23,25). The maximum atomic E-state index is 12.6. The summed E-state index contributed by atoms with van der Waals surface area (Å²) in [7, 11) is 3.13. The van der Waals surface area contributed by atoms with Gasteiger partial charge in [-0.05, 0) is 43.3 Å². The van der Waals surface area contributed by atoms with Crippen LogP contribution in [0, 0.1) is 0 Å². The highest BCUT2D eigenvalue weighted by Crippen LogP contribution is 2.31. The Morgan fingerprint density at radius 1 is 1.14 bits per heavy atom. The minimum absolute atomic E-state index is 0.123. The molecule has 28 heavy (non-hydrogen) atoms. The van der Waals surface area contributed by atoms with Crippen molar-refractivity contribution >= 4 is 39.3 Å². The monoisotopic (exact) mass is 461 g/mol. The molecule has 3 rings (SSSR count). The quantitative estimate of drug-likeness (QED) is 0.513. The number of nitrogens with one attached hydrogen (secondary N) is 1. The molecule has 1 heterocycles. The molecule has 3 aromatic rings. The summed E-state index contributed by atoms with van der Waals surface area (Å²) in [6.45, 7) is 1.85. The molecular formula is C20H20BrN3O3S. The predicted molar refractivity (Wildman–Crippen MR) is 115 cm³/mol. The van der Waals surface area contributed by atoms with Gasteiger partial charge in [0.15, 0.2) is 16.7 Å². The van der Waals surface area contributed by atoms with Crippen LogP contribution in [0.1, 0.15) is 6.92 Å². The van der Waals surface area contributed by atoms with E-state index in [-0.39, 0.29) is 11.2 Å². The maximum Gasteiger partial charge on any atom is 0.237 e. The van der Waals surface area contributed by atoms with Crippen LogP contribution in [-0.2, 0) is 4.79 Å². The van der Waals surface area contributed by atoms with E-state index in [1.165, 1.54) is 11.8 Å². The Hall–Kier alpha value is -2.45. The van der Waals surface area contributed by atoms with Crippen LogP contribution in [-0.4, -0.2) is 34.9 Å². The van der Waals surface area contributed by atoms with E-state index < -0.39 is 0 Å². The predicted octanol–water partition coefficient (Wildman–Crippen LogP) is 4.77. The van der Waals surface area contributed by atoms with Gasteiger partial charge < -0.3 is 14.8 Å². The zero-order valence-corrected chi connectivity index (χ0v) is 18.1. The fourth-order valence-corrected chi connectivity index (χ4v) is 3.69. The first-order valence-corrected chi connectivity index (χ1v) is 10.2. The number of rotatable bonds is 7. The number of nitrogens with zero attached hydrogens (tertiary/aromatic N) is 2. The summed E-state index contributed by atoms with van der Waals surface area (Å²) in [5.74, 6) is 1.05. The molecule has 0 fully saturated rings. The number of hydrogen-bond acceptors (Lipinski definition) is 5. The molecule has 0 aliphatic carbocycles. The third-order valence-corrected chi connectivity index (χ3v) is 5.62. The van der Waals surface area contributed by atoms with E-state index >= 15 is 0 Å². The first kappa shape index (κ1) is 20.3. The molecule has 1 N–H and O–H groups in total. The van der Waals surface area contributed by atoms with Gasteiger partial charge in [0.05, 0.1) is 19.5 Å². The molecule has 1 aromatic heterocycles. The van der Waals surface area contributed by atoms with E-state index in [0.717, 1.165) is 15.3 Å². The normalized spacial score (nSPS) is 11.7. The van der Waals surface area contributed by atoms with E-state index in [4.69, 9.17) is 9.47 Å². The highest BCUT2D eigenvalue weighted by molar-refractivity contribution is 9.10. The summed E-state index contributed by atoms with van der Waals surface area (Å²) >= 11 is 4.83. The summed E-state index contributed by atoms with van der Waals surface area (Å²) in [6, 6.07) is 13.2. The molecule has 0 spiro atoms. The molecule has 0 bridgehead atoms. The maximum absolute atomic E-state index is 12.6. The van der Waals surface area contributed by atoms with Gasteiger partial charge in [-0.1, -0.05) is 27.7 Å². The highest BCUT2D eigenvalue weighted by Gasteiger charge is 2.18. The number of ether oxygens (including phenoxy) is 2. The van der Waals surface area contributed by atoms with Crippen molar-refractivity contribution in [2.24, 2.45) is 0 Å². The Morgan fingerprint density at radius 3 is 2.54 bits per heavy atom. The van der Waals surface area contributed by atoms with Gasteiger partial charge in [0.25, 0.3) is 0 Å². The zero-order chi connectivity index (χ0) is 20.1. The van der Waals surface area contributed by atoms with Gasteiger partial charge in [-0.3, -0.25) is 9.36 Å².